The lowest BCUT2D eigenvalue weighted by Crippen LogP contribution is -2.35. The minimum atomic E-state index is -0.524. The number of hydrogen-bond acceptors (Lipinski definition) is 6. The van der Waals surface area contributed by atoms with E-state index in [2.05, 4.69) is 73.7 Å². The quantitative estimate of drug-likeness (QED) is 0.238. The zero-order chi connectivity index (χ0) is 28.9. The lowest BCUT2D eigenvalue weighted by atomic mass is 9.98. The maximum absolute atomic E-state index is 14.0. The van der Waals surface area contributed by atoms with Crippen molar-refractivity contribution in [2.24, 2.45) is 0 Å². The number of fused-ring (bicyclic) bond motifs is 1. The average molecular weight is 556 g/mol. The Balaban J connectivity index is 1.51. The van der Waals surface area contributed by atoms with Gasteiger partial charge in [0.05, 0.1) is 5.52 Å². The van der Waals surface area contributed by atoms with Crippen LogP contribution in [-0.2, 0) is 26.1 Å². The van der Waals surface area contributed by atoms with Crippen LogP contribution in [0, 0.1) is 13.8 Å². The van der Waals surface area contributed by atoms with Gasteiger partial charge >= 0.3 is 0 Å². The van der Waals surface area contributed by atoms with Crippen LogP contribution in [0.4, 0.5) is 0 Å². The highest BCUT2D eigenvalue weighted by Crippen LogP contribution is 2.31. The lowest BCUT2D eigenvalue weighted by molar-refractivity contribution is 0.193. The van der Waals surface area contributed by atoms with Crippen molar-refractivity contribution in [1.29, 1.82) is 0 Å². The van der Waals surface area contributed by atoms with E-state index >= 15 is 0 Å². The molecule has 0 amide bonds. The maximum atomic E-state index is 14.0. The van der Waals surface area contributed by atoms with E-state index in [1.807, 2.05) is 72.4 Å². The second-order valence-corrected chi connectivity index (χ2v) is 10.7. The van der Waals surface area contributed by atoms with E-state index < -0.39 is 6.04 Å². The molecule has 8 heteroatoms. The molecule has 0 saturated carbocycles. The molecule has 1 unspecified atom stereocenters. The molecule has 3 aromatic carbocycles. The molecule has 3 aromatic heterocycles. The Labute approximate surface area is 244 Å². The highest BCUT2D eigenvalue weighted by molar-refractivity contribution is 5.85. The number of aryl methyl sites for hydroxylation is 4. The first-order chi connectivity index (χ1) is 20.6. The summed E-state index contributed by atoms with van der Waals surface area (Å²) in [6.07, 6.45) is 4.40. The summed E-state index contributed by atoms with van der Waals surface area (Å²) in [6.45, 7) is 5.79. The molecule has 1 atom stereocenters. The normalized spacial score (nSPS) is 12.2. The Morgan fingerprint density at radius 1 is 0.833 bits per heavy atom. The van der Waals surface area contributed by atoms with Crippen molar-refractivity contribution < 1.29 is 0 Å². The highest BCUT2D eigenvalue weighted by atomic mass is 16.1. The molecular formula is C34H33N7O. The van der Waals surface area contributed by atoms with Gasteiger partial charge in [-0.3, -0.25) is 14.7 Å². The van der Waals surface area contributed by atoms with E-state index in [0.29, 0.717) is 31.0 Å². The Bertz CT molecular complexity index is 1790. The number of rotatable bonds is 10. The topological polar surface area (TPSA) is 92.6 Å². The van der Waals surface area contributed by atoms with Gasteiger partial charge in [-0.2, -0.15) is 0 Å². The monoisotopic (exact) mass is 555 g/mol. The van der Waals surface area contributed by atoms with Crippen LogP contribution in [0.2, 0.25) is 0 Å². The molecule has 0 aliphatic rings. The third-order valence-corrected chi connectivity index (χ3v) is 7.73. The first kappa shape index (κ1) is 27.2. The van der Waals surface area contributed by atoms with Gasteiger partial charge in [-0.25, -0.2) is 4.68 Å². The van der Waals surface area contributed by atoms with Crippen LogP contribution in [0.3, 0.4) is 0 Å². The number of benzene rings is 3. The summed E-state index contributed by atoms with van der Waals surface area (Å²) >= 11 is 0. The number of H-pyrrole nitrogens is 1. The van der Waals surface area contributed by atoms with Crippen molar-refractivity contribution in [2.75, 3.05) is 0 Å². The van der Waals surface area contributed by atoms with E-state index in [9.17, 15) is 4.79 Å². The molecular weight excluding hydrogens is 522 g/mol. The second kappa shape index (κ2) is 12.3. The fourth-order valence-electron chi connectivity index (χ4n) is 5.52. The molecule has 0 bridgehead atoms. The molecule has 6 aromatic rings. The molecule has 0 radical (unpaired) electrons. The number of pyridine rings is 2. The fraction of sp³-hybridized carbons (Fsp3) is 0.206. The standard InChI is InChI=1S/C34H33N7O/c1-24-15-16-25(2)31-29(24)20-30(34(42)36-31)32(33-37-38-39-41(33)19-17-26-10-5-3-6-11-26)40(22-27-12-7-4-8-13-27)23-28-14-9-18-35-21-28/h3-16,18,20-21,32H,17,19,22-23H2,1-2H3,(H,36,42). The van der Waals surface area contributed by atoms with Crippen molar-refractivity contribution in [3.05, 3.63) is 153 Å². The lowest BCUT2D eigenvalue weighted by Gasteiger charge is -2.31. The van der Waals surface area contributed by atoms with Gasteiger partial charge in [0.1, 0.15) is 6.04 Å². The smallest absolute Gasteiger partial charge is 0.253 e. The Hall–Kier alpha value is -4.95. The zero-order valence-corrected chi connectivity index (χ0v) is 23.8. The van der Waals surface area contributed by atoms with Gasteiger partial charge in [0.15, 0.2) is 5.82 Å². The van der Waals surface area contributed by atoms with E-state index in [0.717, 1.165) is 39.6 Å². The number of hydrogen-bond donors (Lipinski definition) is 1. The third-order valence-electron chi connectivity index (χ3n) is 7.73. The Morgan fingerprint density at radius 3 is 2.26 bits per heavy atom. The molecule has 42 heavy (non-hydrogen) atoms. The molecule has 0 aliphatic heterocycles. The van der Waals surface area contributed by atoms with Crippen molar-refractivity contribution in [2.45, 2.75) is 45.9 Å². The molecule has 0 aliphatic carbocycles. The van der Waals surface area contributed by atoms with E-state index in [1.165, 1.54) is 5.56 Å². The fourth-order valence-corrected chi connectivity index (χ4v) is 5.52. The predicted octanol–water partition coefficient (Wildman–Crippen LogP) is 5.56. The van der Waals surface area contributed by atoms with Crippen molar-refractivity contribution >= 4 is 10.9 Å². The summed E-state index contributed by atoms with van der Waals surface area (Å²) in [6, 6.07) is 30.2. The molecule has 1 N–H and O–H groups in total. The van der Waals surface area contributed by atoms with Gasteiger partial charge in [0.25, 0.3) is 5.56 Å². The Kier molecular flexibility index (Phi) is 7.96. The summed E-state index contributed by atoms with van der Waals surface area (Å²) in [5.74, 6) is 0.626. The summed E-state index contributed by atoms with van der Waals surface area (Å²) in [5.41, 5.74) is 6.78. The minimum absolute atomic E-state index is 0.150. The van der Waals surface area contributed by atoms with Gasteiger partial charge in [0.2, 0.25) is 0 Å². The third kappa shape index (κ3) is 5.89. The first-order valence-electron chi connectivity index (χ1n) is 14.2. The first-order valence-corrected chi connectivity index (χ1v) is 14.2. The summed E-state index contributed by atoms with van der Waals surface area (Å²) in [5, 5.41) is 14.1. The summed E-state index contributed by atoms with van der Waals surface area (Å²) in [7, 11) is 0. The molecule has 3 heterocycles. The Morgan fingerprint density at radius 2 is 1.52 bits per heavy atom. The number of aromatic amines is 1. The van der Waals surface area contributed by atoms with Crippen LogP contribution < -0.4 is 5.56 Å². The van der Waals surface area contributed by atoms with Crippen LogP contribution in [0.25, 0.3) is 10.9 Å². The molecule has 210 valence electrons. The van der Waals surface area contributed by atoms with Crippen LogP contribution in [0.1, 0.15) is 45.2 Å². The van der Waals surface area contributed by atoms with Crippen molar-refractivity contribution in [3.8, 4) is 0 Å². The zero-order valence-electron chi connectivity index (χ0n) is 23.8. The van der Waals surface area contributed by atoms with E-state index in [4.69, 9.17) is 0 Å². The van der Waals surface area contributed by atoms with Gasteiger partial charge in [-0.15, -0.1) is 5.10 Å². The SMILES string of the molecule is Cc1ccc(C)c2[nH]c(=O)c(C(c3nnnn3CCc3ccccc3)N(Cc3ccccc3)Cc3cccnc3)cc12. The van der Waals surface area contributed by atoms with Gasteiger partial charge in [-0.1, -0.05) is 78.9 Å². The second-order valence-electron chi connectivity index (χ2n) is 10.7. The van der Waals surface area contributed by atoms with Gasteiger partial charge in [-0.05, 0) is 70.6 Å². The number of nitrogens with zero attached hydrogens (tertiary/aromatic N) is 6. The highest BCUT2D eigenvalue weighted by Gasteiger charge is 2.31. The van der Waals surface area contributed by atoms with Crippen LogP contribution >= 0.6 is 0 Å². The molecule has 0 fully saturated rings. The predicted molar refractivity (Wildman–Crippen MR) is 164 cm³/mol. The summed E-state index contributed by atoms with van der Waals surface area (Å²) < 4.78 is 1.84. The summed E-state index contributed by atoms with van der Waals surface area (Å²) in [4.78, 5) is 23.8. The van der Waals surface area contributed by atoms with Crippen LogP contribution in [0.15, 0.2) is 108 Å². The number of nitrogens with one attached hydrogen (secondary N) is 1. The van der Waals surface area contributed by atoms with Crippen LogP contribution in [-0.4, -0.2) is 35.1 Å². The number of aromatic nitrogens is 6. The molecule has 0 saturated heterocycles. The molecule has 0 spiro atoms. The minimum Gasteiger partial charge on any atom is -0.321 e. The average Bonchev–Trinajstić information content (AvgIpc) is 3.48. The van der Waals surface area contributed by atoms with Crippen LogP contribution in [0.5, 0.6) is 0 Å². The van der Waals surface area contributed by atoms with E-state index in [1.54, 1.807) is 6.20 Å². The molecule has 6 rings (SSSR count). The molecule has 8 nitrogen and oxygen atoms in total. The largest absolute Gasteiger partial charge is 0.321 e. The van der Waals surface area contributed by atoms with Crippen molar-refractivity contribution in [3.63, 3.8) is 0 Å². The number of tetrazole rings is 1. The maximum Gasteiger partial charge on any atom is 0.253 e. The van der Waals surface area contributed by atoms with E-state index in [-0.39, 0.29) is 5.56 Å². The van der Waals surface area contributed by atoms with Gasteiger partial charge in [0, 0.05) is 43.0 Å². The van der Waals surface area contributed by atoms with Gasteiger partial charge < -0.3 is 4.98 Å². The van der Waals surface area contributed by atoms with Crippen molar-refractivity contribution in [1.82, 2.24) is 35.1 Å².